The Morgan fingerprint density at radius 3 is 2.05 bits per heavy atom. The zero-order valence-corrected chi connectivity index (χ0v) is 13.0. The number of aryl methyl sites for hydroxylation is 1. The fourth-order valence-electron chi connectivity index (χ4n) is 1.70. The summed E-state index contributed by atoms with van der Waals surface area (Å²) in [5.74, 6) is 0. The Labute approximate surface area is 129 Å². The van der Waals surface area contributed by atoms with Crippen molar-refractivity contribution >= 4 is 38.7 Å². The Balaban J connectivity index is 2.19. The van der Waals surface area contributed by atoms with Gasteiger partial charge in [-0.2, -0.15) is 0 Å². The highest BCUT2D eigenvalue weighted by Crippen LogP contribution is 2.18. The molecular formula is C14H15N3O2S2. The van der Waals surface area contributed by atoms with Gasteiger partial charge in [-0.15, -0.1) is 0 Å². The zero-order valence-electron chi connectivity index (χ0n) is 11.3. The lowest BCUT2D eigenvalue weighted by molar-refractivity contribution is 0.601. The van der Waals surface area contributed by atoms with Crippen LogP contribution in [0.5, 0.6) is 0 Å². The molecule has 5 nitrogen and oxygen atoms in total. The van der Waals surface area contributed by atoms with Crippen molar-refractivity contribution in [3.8, 4) is 0 Å². The molecule has 0 spiro atoms. The van der Waals surface area contributed by atoms with E-state index in [9.17, 15) is 8.42 Å². The van der Waals surface area contributed by atoms with Crippen molar-refractivity contribution < 1.29 is 8.42 Å². The molecule has 0 fully saturated rings. The van der Waals surface area contributed by atoms with Crippen LogP contribution in [0.15, 0.2) is 53.4 Å². The molecule has 0 unspecified atom stereocenters. The first-order valence-corrected chi connectivity index (χ1v) is 8.02. The predicted molar refractivity (Wildman–Crippen MR) is 88.8 cm³/mol. The Hall–Kier alpha value is -2.12. The third-order valence-electron chi connectivity index (χ3n) is 2.74. The van der Waals surface area contributed by atoms with Gasteiger partial charge in [-0.3, -0.25) is 4.72 Å². The highest BCUT2D eigenvalue weighted by molar-refractivity contribution is 7.92. The fraction of sp³-hybridized carbons (Fsp3) is 0.0714. The lowest BCUT2D eigenvalue weighted by Crippen LogP contribution is -2.19. The third-order valence-corrected chi connectivity index (χ3v) is 4.24. The van der Waals surface area contributed by atoms with Crippen LogP contribution in [0.4, 0.5) is 11.4 Å². The van der Waals surface area contributed by atoms with Crippen molar-refractivity contribution in [3.05, 3.63) is 54.1 Å². The van der Waals surface area contributed by atoms with E-state index in [4.69, 9.17) is 18.0 Å². The molecule has 21 heavy (non-hydrogen) atoms. The molecule has 0 amide bonds. The summed E-state index contributed by atoms with van der Waals surface area (Å²) in [6.45, 7) is 1.94. The van der Waals surface area contributed by atoms with Crippen LogP contribution < -0.4 is 15.8 Å². The fourth-order valence-corrected chi connectivity index (χ4v) is 2.87. The highest BCUT2D eigenvalue weighted by atomic mass is 32.2. The van der Waals surface area contributed by atoms with E-state index < -0.39 is 10.0 Å². The second-order valence-corrected chi connectivity index (χ2v) is 6.61. The number of anilines is 2. The summed E-state index contributed by atoms with van der Waals surface area (Å²) in [6, 6.07) is 13.3. The molecule has 2 aromatic carbocycles. The number of hydrogen-bond donors (Lipinski definition) is 3. The summed E-state index contributed by atoms with van der Waals surface area (Å²) in [7, 11) is -3.61. The molecule has 0 saturated carbocycles. The topological polar surface area (TPSA) is 84.2 Å². The average Bonchev–Trinajstić information content (AvgIpc) is 2.41. The normalized spacial score (nSPS) is 10.9. The maximum atomic E-state index is 12.2. The second kappa shape index (κ2) is 6.11. The minimum atomic E-state index is -3.61. The predicted octanol–water partition coefficient (Wildman–Crippen LogP) is 2.45. The SMILES string of the molecule is Cc1ccc(NS(=O)(=O)c2ccc(NC(N)=S)cc2)cc1. The maximum Gasteiger partial charge on any atom is 0.261 e. The molecule has 4 N–H and O–H groups in total. The monoisotopic (exact) mass is 321 g/mol. The van der Waals surface area contributed by atoms with Crippen LogP contribution in [0.2, 0.25) is 0 Å². The molecule has 0 aliphatic carbocycles. The molecule has 7 heteroatoms. The molecule has 0 radical (unpaired) electrons. The molecule has 0 bridgehead atoms. The van der Waals surface area contributed by atoms with Crippen molar-refractivity contribution in [3.63, 3.8) is 0 Å². The van der Waals surface area contributed by atoms with Crippen LogP contribution in [0.3, 0.4) is 0 Å². The molecule has 0 saturated heterocycles. The maximum absolute atomic E-state index is 12.2. The van der Waals surface area contributed by atoms with Gasteiger partial charge >= 0.3 is 0 Å². The van der Waals surface area contributed by atoms with Crippen molar-refractivity contribution in [2.45, 2.75) is 11.8 Å². The van der Waals surface area contributed by atoms with Gasteiger partial charge in [-0.05, 0) is 55.5 Å². The molecule has 110 valence electrons. The van der Waals surface area contributed by atoms with E-state index >= 15 is 0 Å². The van der Waals surface area contributed by atoms with Gasteiger partial charge in [0, 0.05) is 11.4 Å². The van der Waals surface area contributed by atoms with Crippen LogP contribution in [-0.2, 0) is 10.0 Å². The van der Waals surface area contributed by atoms with Crippen LogP contribution >= 0.6 is 12.2 Å². The van der Waals surface area contributed by atoms with Crippen molar-refractivity contribution in [2.75, 3.05) is 10.0 Å². The number of hydrogen-bond acceptors (Lipinski definition) is 3. The van der Waals surface area contributed by atoms with Gasteiger partial charge in [0.15, 0.2) is 5.11 Å². The third kappa shape index (κ3) is 4.17. The standard InChI is InChI=1S/C14H15N3O2S2/c1-10-2-4-12(5-3-10)17-21(18,19)13-8-6-11(7-9-13)16-14(15)20/h2-9,17H,1H3,(H3,15,16,20). The summed E-state index contributed by atoms with van der Waals surface area (Å²) in [5.41, 5.74) is 7.57. The molecule has 0 aromatic heterocycles. The van der Waals surface area contributed by atoms with E-state index in [1.165, 1.54) is 12.1 Å². The Morgan fingerprint density at radius 1 is 1.00 bits per heavy atom. The lowest BCUT2D eigenvalue weighted by atomic mass is 10.2. The van der Waals surface area contributed by atoms with Crippen LogP contribution in [0.1, 0.15) is 5.56 Å². The minimum absolute atomic E-state index is 0.128. The first-order valence-electron chi connectivity index (χ1n) is 6.13. The van der Waals surface area contributed by atoms with Crippen LogP contribution in [-0.4, -0.2) is 13.5 Å². The summed E-state index contributed by atoms with van der Waals surface area (Å²) < 4.78 is 27.0. The molecular weight excluding hydrogens is 306 g/mol. The summed E-state index contributed by atoms with van der Waals surface area (Å²) in [5, 5.41) is 2.86. The molecule has 0 heterocycles. The molecule has 0 aliphatic rings. The molecule has 0 atom stereocenters. The summed E-state index contributed by atoms with van der Waals surface area (Å²) in [6.07, 6.45) is 0. The first kappa shape index (κ1) is 15.3. The van der Waals surface area contributed by atoms with E-state index in [2.05, 4.69) is 10.0 Å². The Kier molecular flexibility index (Phi) is 4.44. The minimum Gasteiger partial charge on any atom is -0.376 e. The molecule has 0 aliphatic heterocycles. The van der Waals surface area contributed by atoms with Crippen LogP contribution in [0.25, 0.3) is 0 Å². The summed E-state index contributed by atoms with van der Waals surface area (Å²) >= 11 is 4.72. The van der Waals surface area contributed by atoms with Crippen molar-refractivity contribution in [1.29, 1.82) is 0 Å². The van der Waals surface area contributed by atoms with Gasteiger partial charge in [0.2, 0.25) is 0 Å². The van der Waals surface area contributed by atoms with Gasteiger partial charge in [-0.1, -0.05) is 17.7 Å². The van der Waals surface area contributed by atoms with Crippen molar-refractivity contribution in [1.82, 2.24) is 0 Å². The van der Waals surface area contributed by atoms with Gasteiger partial charge in [0.25, 0.3) is 10.0 Å². The van der Waals surface area contributed by atoms with Crippen molar-refractivity contribution in [2.24, 2.45) is 5.73 Å². The largest absolute Gasteiger partial charge is 0.376 e. The van der Waals surface area contributed by atoms with Gasteiger partial charge in [-0.25, -0.2) is 8.42 Å². The van der Waals surface area contributed by atoms with E-state index in [1.807, 2.05) is 19.1 Å². The first-order chi connectivity index (χ1) is 9.87. The summed E-state index contributed by atoms with van der Waals surface area (Å²) in [4.78, 5) is 0.163. The Morgan fingerprint density at radius 2 is 1.52 bits per heavy atom. The number of thiocarbonyl (C=S) groups is 1. The van der Waals surface area contributed by atoms with Crippen LogP contribution in [0, 0.1) is 6.92 Å². The zero-order chi connectivity index (χ0) is 15.5. The van der Waals surface area contributed by atoms with E-state index in [0.717, 1.165) is 5.56 Å². The highest BCUT2D eigenvalue weighted by Gasteiger charge is 2.13. The number of nitrogens with one attached hydrogen (secondary N) is 2. The van der Waals surface area contributed by atoms with E-state index in [1.54, 1.807) is 24.3 Å². The van der Waals surface area contributed by atoms with E-state index in [0.29, 0.717) is 11.4 Å². The quantitative estimate of drug-likeness (QED) is 0.753. The number of benzene rings is 2. The number of nitrogens with two attached hydrogens (primary N) is 1. The smallest absolute Gasteiger partial charge is 0.261 e. The Bertz CT molecular complexity index is 739. The van der Waals surface area contributed by atoms with Gasteiger partial charge in [0.05, 0.1) is 4.90 Å². The molecule has 2 rings (SSSR count). The average molecular weight is 321 g/mol. The second-order valence-electron chi connectivity index (χ2n) is 4.49. The lowest BCUT2D eigenvalue weighted by Gasteiger charge is -2.09. The van der Waals surface area contributed by atoms with Gasteiger partial charge in [0.1, 0.15) is 0 Å². The number of sulfonamides is 1. The van der Waals surface area contributed by atoms with Gasteiger partial charge < -0.3 is 11.1 Å². The van der Waals surface area contributed by atoms with E-state index in [-0.39, 0.29) is 10.0 Å². The molecule has 2 aromatic rings. The number of rotatable bonds is 4.